The van der Waals surface area contributed by atoms with Crippen molar-refractivity contribution in [1.29, 1.82) is 0 Å². The van der Waals surface area contributed by atoms with Crippen molar-refractivity contribution in [2.24, 2.45) is 5.92 Å². The molecule has 0 aliphatic rings. The number of pyridine rings is 1. The number of carbonyl (C=O) groups excluding carboxylic acids is 2. The van der Waals surface area contributed by atoms with Gasteiger partial charge >= 0.3 is 6.18 Å². The van der Waals surface area contributed by atoms with Gasteiger partial charge in [-0.25, -0.2) is 9.97 Å². The molecular weight excluding hydrogens is 485 g/mol. The van der Waals surface area contributed by atoms with Crippen LogP contribution in [-0.4, -0.2) is 37.6 Å². The van der Waals surface area contributed by atoms with Gasteiger partial charge in [0, 0.05) is 22.8 Å². The fraction of sp³-hybridized carbons (Fsp3) is 0.348. The van der Waals surface area contributed by atoms with Crippen LogP contribution in [0.25, 0.3) is 5.82 Å². The minimum atomic E-state index is -4.65. The van der Waals surface area contributed by atoms with E-state index in [1.807, 2.05) is 20.8 Å². The summed E-state index contributed by atoms with van der Waals surface area (Å²) in [5.74, 6) is -0.125. The third-order valence-electron chi connectivity index (χ3n) is 5.38. The molecule has 1 aromatic carbocycles. The number of hydrogen-bond acceptors (Lipinski definition) is 5. The zero-order chi connectivity index (χ0) is 25.9. The number of carbonyl (C=O) groups is 2. The van der Waals surface area contributed by atoms with Crippen molar-refractivity contribution in [1.82, 2.24) is 30.4 Å². The molecule has 2 atom stereocenters. The average Bonchev–Trinajstić information content (AvgIpc) is 3.28. The number of amides is 2. The first-order valence-corrected chi connectivity index (χ1v) is 11.1. The van der Waals surface area contributed by atoms with Crippen LogP contribution in [0.2, 0.25) is 5.02 Å². The predicted octanol–water partition coefficient (Wildman–Crippen LogP) is 4.60. The van der Waals surface area contributed by atoms with Crippen molar-refractivity contribution in [3.05, 3.63) is 70.4 Å². The van der Waals surface area contributed by atoms with E-state index in [-0.39, 0.29) is 34.3 Å². The summed E-state index contributed by atoms with van der Waals surface area (Å²) in [6, 6.07) is 5.03. The summed E-state index contributed by atoms with van der Waals surface area (Å²) in [5, 5.41) is 9.39. The van der Waals surface area contributed by atoms with Crippen LogP contribution < -0.4 is 10.6 Å². The molecular formula is C23H24ClF3N6O2. The van der Waals surface area contributed by atoms with Crippen LogP contribution in [0.1, 0.15) is 65.8 Å². The Balaban J connectivity index is 1.76. The third-order valence-corrected chi connectivity index (χ3v) is 5.60. The van der Waals surface area contributed by atoms with E-state index in [2.05, 4.69) is 25.7 Å². The molecule has 12 heteroatoms. The molecule has 0 radical (unpaired) electrons. The molecule has 3 aromatic rings. The summed E-state index contributed by atoms with van der Waals surface area (Å²) in [7, 11) is 0. The minimum Gasteiger partial charge on any atom is -0.349 e. The maximum atomic E-state index is 13.1. The van der Waals surface area contributed by atoms with E-state index in [4.69, 9.17) is 11.6 Å². The predicted molar refractivity (Wildman–Crippen MR) is 123 cm³/mol. The van der Waals surface area contributed by atoms with E-state index in [1.165, 1.54) is 17.2 Å². The topological polar surface area (TPSA) is 102 Å². The van der Waals surface area contributed by atoms with Gasteiger partial charge in [0.05, 0.1) is 17.2 Å². The van der Waals surface area contributed by atoms with Gasteiger partial charge in [-0.15, -0.1) is 0 Å². The largest absolute Gasteiger partial charge is 0.416 e. The lowest BCUT2D eigenvalue weighted by atomic mass is 10.1. The Kier molecular flexibility index (Phi) is 7.79. The van der Waals surface area contributed by atoms with Crippen molar-refractivity contribution in [2.45, 2.75) is 46.0 Å². The molecule has 0 saturated heterocycles. The molecule has 1 unspecified atom stereocenters. The van der Waals surface area contributed by atoms with Crippen LogP contribution in [0.3, 0.4) is 0 Å². The molecule has 0 bridgehead atoms. The van der Waals surface area contributed by atoms with Crippen LogP contribution in [0.5, 0.6) is 0 Å². The van der Waals surface area contributed by atoms with E-state index >= 15 is 0 Å². The molecule has 2 heterocycles. The molecule has 186 valence electrons. The average molecular weight is 509 g/mol. The van der Waals surface area contributed by atoms with Gasteiger partial charge in [-0.05, 0) is 50.1 Å². The molecule has 35 heavy (non-hydrogen) atoms. The molecule has 8 nitrogen and oxygen atoms in total. The Morgan fingerprint density at radius 1 is 0.971 bits per heavy atom. The van der Waals surface area contributed by atoms with E-state index in [0.29, 0.717) is 11.4 Å². The van der Waals surface area contributed by atoms with Crippen molar-refractivity contribution >= 4 is 23.4 Å². The number of rotatable bonds is 7. The Labute approximate surface area is 204 Å². The Hall–Kier alpha value is -3.47. The number of nitrogens with one attached hydrogen (secondary N) is 2. The molecule has 2 aromatic heterocycles. The quantitative estimate of drug-likeness (QED) is 0.485. The summed E-state index contributed by atoms with van der Waals surface area (Å²) >= 11 is 5.78. The normalized spacial score (nSPS) is 13.4. The summed E-state index contributed by atoms with van der Waals surface area (Å²) in [4.78, 5) is 33.4. The Morgan fingerprint density at radius 2 is 1.66 bits per heavy atom. The first-order valence-electron chi connectivity index (χ1n) is 10.7. The number of hydrogen-bond donors (Lipinski definition) is 2. The van der Waals surface area contributed by atoms with Crippen LogP contribution in [0, 0.1) is 5.92 Å². The number of aromatic nitrogens is 4. The Bertz CT molecular complexity index is 1210. The van der Waals surface area contributed by atoms with E-state index in [9.17, 15) is 22.8 Å². The monoisotopic (exact) mass is 508 g/mol. The zero-order valence-electron chi connectivity index (χ0n) is 19.4. The molecule has 2 N–H and O–H groups in total. The second kappa shape index (κ2) is 10.4. The SMILES string of the molecule is CC(C)C(C)NC(=O)c1ccc(-n2ncnc2[C@H](C)NC(=O)c2cc(Cl)cc(C(F)(F)F)c2)nc1. The first-order chi connectivity index (χ1) is 16.4. The molecule has 2 amide bonds. The van der Waals surface area contributed by atoms with Gasteiger partial charge in [-0.3, -0.25) is 9.59 Å². The lowest BCUT2D eigenvalue weighted by Crippen LogP contribution is -2.36. The van der Waals surface area contributed by atoms with E-state index in [1.54, 1.807) is 19.1 Å². The lowest BCUT2D eigenvalue weighted by molar-refractivity contribution is -0.137. The lowest BCUT2D eigenvalue weighted by Gasteiger charge is -2.17. The van der Waals surface area contributed by atoms with Crippen molar-refractivity contribution in [3.63, 3.8) is 0 Å². The first kappa shape index (κ1) is 26.1. The molecule has 0 aliphatic heterocycles. The van der Waals surface area contributed by atoms with Crippen LogP contribution in [-0.2, 0) is 6.18 Å². The summed E-state index contributed by atoms with van der Waals surface area (Å²) in [6.07, 6.45) is -1.99. The minimum absolute atomic E-state index is 0.0136. The zero-order valence-corrected chi connectivity index (χ0v) is 20.1. The summed E-state index contributed by atoms with van der Waals surface area (Å²) in [5.41, 5.74) is -0.903. The highest BCUT2D eigenvalue weighted by Crippen LogP contribution is 2.32. The van der Waals surface area contributed by atoms with Crippen LogP contribution in [0.4, 0.5) is 13.2 Å². The smallest absolute Gasteiger partial charge is 0.349 e. The fourth-order valence-electron chi connectivity index (χ4n) is 3.05. The molecule has 0 aliphatic carbocycles. The van der Waals surface area contributed by atoms with Gasteiger partial charge in [0.1, 0.15) is 6.33 Å². The number of benzene rings is 1. The second-order valence-corrected chi connectivity index (χ2v) is 8.80. The van der Waals surface area contributed by atoms with Crippen LogP contribution in [0.15, 0.2) is 42.9 Å². The number of nitrogens with zero attached hydrogens (tertiary/aromatic N) is 4. The number of alkyl halides is 3. The van der Waals surface area contributed by atoms with Gasteiger partial charge in [0.25, 0.3) is 11.8 Å². The third kappa shape index (κ3) is 6.36. The highest BCUT2D eigenvalue weighted by molar-refractivity contribution is 6.31. The highest BCUT2D eigenvalue weighted by Gasteiger charge is 2.32. The fourth-order valence-corrected chi connectivity index (χ4v) is 3.29. The van der Waals surface area contributed by atoms with E-state index < -0.39 is 23.7 Å². The van der Waals surface area contributed by atoms with Gasteiger partial charge in [0.15, 0.2) is 11.6 Å². The Morgan fingerprint density at radius 3 is 2.26 bits per heavy atom. The van der Waals surface area contributed by atoms with Gasteiger partial charge in [-0.1, -0.05) is 25.4 Å². The van der Waals surface area contributed by atoms with E-state index in [0.717, 1.165) is 18.2 Å². The second-order valence-electron chi connectivity index (χ2n) is 8.36. The van der Waals surface area contributed by atoms with Crippen molar-refractivity contribution in [3.8, 4) is 5.82 Å². The van der Waals surface area contributed by atoms with Gasteiger partial charge in [-0.2, -0.15) is 23.0 Å². The molecule has 0 spiro atoms. The molecule has 3 rings (SSSR count). The van der Waals surface area contributed by atoms with Crippen molar-refractivity contribution < 1.29 is 22.8 Å². The molecule has 0 fully saturated rings. The maximum absolute atomic E-state index is 13.1. The maximum Gasteiger partial charge on any atom is 0.416 e. The summed E-state index contributed by atoms with van der Waals surface area (Å²) in [6.45, 7) is 7.51. The van der Waals surface area contributed by atoms with Crippen LogP contribution >= 0.6 is 11.6 Å². The standard InChI is InChI=1S/C23H24ClF3N6O2/c1-12(2)13(3)31-21(34)15-5-6-19(28-10-15)33-20(29-11-30-33)14(4)32-22(35)16-7-17(23(25,26)27)9-18(24)8-16/h5-14H,1-4H3,(H,31,34)(H,32,35)/t13?,14-/m0/s1. The summed E-state index contributed by atoms with van der Waals surface area (Å²) < 4.78 is 40.6. The molecule has 0 saturated carbocycles. The highest BCUT2D eigenvalue weighted by atomic mass is 35.5. The van der Waals surface area contributed by atoms with Crippen molar-refractivity contribution in [2.75, 3.05) is 0 Å². The van der Waals surface area contributed by atoms with Gasteiger partial charge < -0.3 is 10.6 Å². The van der Waals surface area contributed by atoms with Gasteiger partial charge in [0.2, 0.25) is 0 Å². The number of halogens is 4.